The highest BCUT2D eigenvalue weighted by Crippen LogP contribution is 2.38. The Morgan fingerprint density at radius 2 is 1.87 bits per heavy atom. The molecule has 1 aromatic rings. The summed E-state index contributed by atoms with van der Waals surface area (Å²) >= 11 is 0. The molecule has 2 saturated heterocycles. The number of hydrogen-bond donors (Lipinski definition) is 1. The molecule has 3 heterocycles. The van der Waals surface area contributed by atoms with Gasteiger partial charge < -0.3 is 10.1 Å². The summed E-state index contributed by atoms with van der Waals surface area (Å²) in [6.45, 7) is 5.02. The lowest BCUT2D eigenvalue weighted by Crippen LogP contribution is -2.47. The van der Waals surface area contributed by atoms with Crippen LogP contribution in [0, 0.1) is 5.41 Å². The highest BCUT2D eigenvalue weighted by Gasteiger charge is 2.52. The fraction of sp³-hybridized carbons (Fsp3) is 0.556. The number of ketones is 1. The number of likely N-dealkylation sites (tertiary alicyclic amines) is 1. The summed E-state index contributed by atoms with van der Waals surface area (Å²) in [5, 5.41) is 3.10. The third-order valence-electron chi connectivity index (χ3n) is 5.67. The molecule has 2 fully saturated rings. The number of nitrogens with zero attached hydrogens (tertiary/aromatic N) is 1. The van der Waals surface area contributed by atoms with Gasteiger partial charge in [-0.2, -0.15) is 0 Å². The van der Waals surface area contributed by atoms with Crippen LogP contribution in [0.2, 0.25) is 0 Å². The number of carbonyl (C=O) groups excluding carboxylic acids is 2. The average Bonchev–Trinajstić information content (AvgIpc) is 2.89. The molecule has 1 amide bonds. The van der Waals surface area contributed by atoms with Gasteiger partial charge in [-0.25, -0.2) is 0 Å². The van der Waals surface area contributed by atoms with Gasteiger partial charge in [-0.1, -0.05) is 18.2 Å². The lowest BCUT2D eigenvalue weighted by atomic mass is 9.78. The molecule has 5 nitrogen and oxygen atoms in total. The van der Waals surface area contributed by atoms with E-state index in [2.05, 4.69) is 10.2 Å². The third kappa shape index (κ3) is 2.30. The maximum atomic E-state index is 13.2. The van der Waals surface area contributed by atoms with Crippen molar-refractivity contribution in [3.8, 4) is 0 Å². The monoisotopic (exact) mass is 314 g/mol. The summed E-state index contributed by atoms with van der Waals surface area (Å²) in [5.74, 6) is -0.0393. The van der Waals surface area contributed by atoms with Crippen LogP contribution < -0.4 is 5.32 Å². The molecule has 0 spiro atoms. The van der Waals surface area contributed by atoms with E-state index in [0.29, 0.717) is 23.7 Å². The van der Waals surface area contributed by atoms with Crippen molar-refractivity contribution in [3.63, 3.8) is 0 Å². The molecule has 0 bridgehead atoms. The van der Waals surface area contributed by atoms with E-state index in [4.69, 9.17) is 4.74 Å². The minimum absolute atomic E-state index is 0.0889. The molecule has 122 valence electrons. The Bertz CT molecular complexity index is 653. The number of fused-ring (bicyclic) bond motifs is 2. The normalized spacial score (nSPS) is 32.1. The number of ether oxygens (including phenoxy) is 1. The van der Waals surface area contributed by atoms with Gasteiger partial charge in [-0.15, -0.1) is 0 Å². The van der Waals surface area contributed by atoms with E-state index in [1.54, 1.807) is 12.1 Å². The summed E-state index contributed by atoms with van der Waals surface area (Å²) in [5.41, 5.74) is 0.509. The van der Waals surface area contributed by atoms with Gasteiger partial charge in [0.25, 0.3) is 5.91 Å². The highest BCUT2D eigenvalue weighted by molar-refractivity contribution is 6.12. The SMILES string of the molecule is C[C@]12CN(C3CCOCC3)C[C@H]1NC(=O)c1ccccc1C2=O. The predicted molar refractivity (Wildman–Crippen MR) is 85.5 cm³/mol. The molecule has 0 saturated carbocycles. The van der Waals surface area contributed by atoms with E-state index in [0.717, 1.165) is 32.6 Å². The van der Waals surface area contributed by atoms with E-state index in [9.17, 15) is 9.59 Å². The number of nitrogens with one attached hydrogen (secondary N) is 1. The summed E-state index contributed by atoms with van der Waals surface area (Å²) in [6, 6.07) is 7.48. The third-order valence-corrected chi connectivity index (χ3v) is 5.67. The van der Waals surface area contributed by atoms with Crippen molar-refractivity contribution in [1.82, 2.24) is 10.2 Å². The number of Topliss-reactive ketones (excluding diaryl/α,β-unsaturated/α-hetero) is 1. The first-order valence-corrected chi connectivity index (χ1v) is 8.36. The quantitative estimate of drug-likeness (QED) is 0.853. The molecule has 1 aromatic carbocycles. The molecule has 0 aromatic heterocycles. The molecule has 5 heteroatoms. The Morgan fingerprint density at radius 1 is 1.17 bits per heavy atom. The Balaban J connectivity index is 1.67. The van der Waals surface area contributed by atoms with Gasteiger partial charge in [0.15, 0.2) is 5.78 Å². The van der Waals surface area contributed by atoms with Crippen LogP contribution in [0.15, 0.2) is 24.3 Å². The first kappa shape index (κ1) is 14.8. The lowest BCUT2D eigenvalue weighted by molar-refractivity contribution is 0.0383. The summed E-state index contributed by atoms with van der Waals surface area (Å²) < 4.78 is 5.44. The van der Waals surface area contributed by atoms with Gasteiger partial charge in [0.2, 0.25) is 0 Å². The second-order valence-corrected chi connectivity index (χ2v) is 7.09. The molecular weight excluding hydrogens is 292 g/mol. The van der Waals surface area contributed by atoms with Crippen LogP contribution in [0.5, 0.6) is 0 Å². The number of amides is 1. The largest absolute Gasteiger partial charge is 0.381 e. The van der Waals surface area contributed by atoms with Crippen molar-refractivity contribution in [2.45, 2.75) is 31.8 Å². The molecule has 3 aliphatic rings. The van der Waals surface area contributed by atoms with E-state index in [1.165, 1.54) is 0 Å². The molecular formula is C18H22N2O3. The zero-order valence-electron chi connectivity index (χ0n) is 13.4. The fourth-order valence-electron chi connectivity index (χ4n) is 4.22. The number of benzene rings is 1. The van der Waals surface area contributed by atoms with Crippen LogP contribution in [0.25, 0.3) is 0 Å². The number of carbonyl (C=O) groups is 2. The topological polar surface area (TPSA) is 58.6 Å². The molecule has 0 aliphatic carbocycles. The van der Waals surface area contributed by atoms with E-state index in [-0.39, 0.29) is 17.7 Å². The van der Waals surface area contributed by atoms with Crippen molar-refractivity contribution in [1.29, 1.82) is 0 Å². The highest BCUT2D eigenvalue weighted by atomic mass is 16.5. The molecule has 4 rings (SSSR count). The van der Waals surface area contributed by atoms with E-state index < -0.39 is 5.41 Å². The predicted octanol–water partition coefficient (Wildman–Crippen LogP) is 1.48. The van der Waals surface area contributed by atoms with Crippen molar-refractivity contribution in [3.05, 3.63) is 35.4 Å². The lowest BCUT2D eigenvalue weighted by Gasteiger charge is -2.32. The van der Waals surface area contributed by atoms with Gasteiger partial charge >= 0.3 is 0 Å². The molecule has 0 radical (unpaired) electrons. The molecule has 0 unspecified atom stereocenters. The summed E-state index contributed by atoms with van der Waals surface area (Å²) in [4.78, 5) is 28.1. The maximum absolute atomic E-state index is 13.2. The zero-order valence-corrected chi connectivity index (χ0v) is 13.4. The van der Waals surface area contributed by atoms with Crippen LogP contribution >= 0.6 is 0 Å². The Hall–Kier alpha value is -1.72. The van der Waals surface area contributed by atoms with Crippen LogP contribution in [0.1, 0.15) is 40.5 Å². The van der Waals surface area contributed by atoms with E-state index >= 15 is 0 Å². The second-order valence-electron chi connectivity index (χ2n) is 7.09. The van der Waals surface area contributed by atoms with Crippen molar-refractivity contribution in [2.24, 2.45) is 5.41 Å². The fourth-order valence-corrected chi connectivity index (χ4v) is 4.22. The minimum Gasteiger partial charge on any atom is -0.381 e. The van der Waals surface area contributed by atoms with Crippen molar-refractivity contribution < 1.29 is 14.3 Å². The van der Waals surface area contributed by atoms with Crippen LogP contribution in [-0.2, 0) is 4.74 Å². The summed E-state index contributed by atoms with van der Waals surface area (Å²) in [6.07, 6.45) is 2.00. The molecule has 23 heavy (non-hydrogen) atoms. The van der Waals surface area contributed by atoms with Crippen LogP contribution in [-0.4, -0.2) is 55.0 Å². The minimum atomic E-state index is -0.555. The Morgan fingerprint density at radius 3 is 2.61 bits per heavy atom. The number of hydrogen-bond acceptors (Lipinski definition) is 4. The smallest absolute Gasteiger partial charge is 0.252 e. The van der Waals surface area contributed by atoms with Gasteiger partial charge in [0, 0.05) is 37.9 Å². The van der Waals surface area contributed by atoms with Gasteiger partial charge in [-0.05, 0) is 25.8 Å². The first-order valence-electron chi connectivity index (χ1n) is 8.36. The number of rotatable bonds is 1. The van der Waals surface area contributed by atoms with Crippen LogP contribution in [0.4, 0.5) is 0 Å². The molecule has 1 N–H and O–H groups in total. The summed E-state index contributed by atoms with van der Waals surface area (Å²) in [7, 11) is 0. The Labute approximate surface area is 136 Å². The van der Waals surface area contributed by atoms with Gasteiger partial charge in [0.1, 0.15) is 0 Å². The zero-order chi connectivity index (χ0) is 16.0. The standard InChI is InChI=1S/C18H22N2O3/c1-18-11-20(12-6-8-23-9-7-12)10-15(18)19-17(22)14-5-3-2-4-13(14)16(18)21/h2-5,12,15H,6-11H2,1H3,(H,19,22)/t15-,18+/m1/s1. The van der Waals surface area contributed by atoms with Gasteiger partial charge in [-0.3, -0.25) is 14.5 Å². The Kier molecular flexibility index (Phi) is 3.50. The van der Waals surface area contributed by atoms with Crippen molar-refractivity contribution in [2.75, 3.05) is 26.3 Å². The molecule has 2 atom stereocenters. The second kappa shape index (κ2) is 5.42. The van der Waals surface area contributed by atoms with Crippen LogP contribution in [0.3, 0.4) is 0 Å². The van der Waals surface area contributed by atoms with E-state index in [1.807, 2.05) is 19.1 Å². The first-order chi connectivity index (χ1) is 11.1. The van der Waals surface area contributed by atoms with Crippen molar-refractivity contribution >= 4 is 11.7 Å². The maximum Gasteiger partial charge on any atom is 0.252 e. The molecule has 3 aliphatic heterocycles. The van der Waals surface area contributed by atoms with Gasteiger partial charge in [0.05, 0.1) is 17.0 Å². The average molecular weight is 314 g/mol.